The number of pyridine rings is 1. The first-order valence-electron chi connectivity index (χ1n) is 6.94. The van der Waals surface area contributed by atoms with Gasteiger partial charge in [0.1, 0.15) is 5.69 Å². The van der Waals surface area contributed by atoms with Gasteiger partial charge >= 0.3 is 0 Å². The summed E-state index contributed by atoms with van der Waals surface area (Å²) in [5.74, 6) is 0.504. The molecule has 22 heavy (non-hydrogen) atoms. The van der Waals surface area contributed by atoms with Crippen LogP contribution in [0.25, 0.3) is 27.7 Å². The van der Waals surface area contributed by atoms with Gasteiger partial charge in [-0.1, -0.05) is 41.6 Å². The monoisotopic (exact) mass is 287 g/mol. The van der Waals surface area contributed by atoms with E-state index in [0.717, 1.165) is 22.0 Å². The lowest BCUT2D eigenvalue weighted by Crippen LogP contribution is -2.03. The van der Waals surface area contributed by atoms with Crippen LogP contribution in [0.3, 0.4) is 0 Å². The van der Waals surface area contributed by atoms with E-state index in [1.165, 1.54) is 0 Å². The Kier molecular flexibility index (Phi) is 2.83. The Morgan fingerprint density at radius 3 is 2.64 bits per heavy atom. The maximum absolute atomic E-state index is 6.27. The lowest BCUT2D eigenvalue weighted by atomic mass is 10.1. The largest absolute Gasteiger partial charge is 0.382 e. The molecule has 0 spiro atoms. The fourth-order valence-electron chi connectivity index (χ4n) is 2.57. The van der Waals surface area contributed by atoms with Crippen molar-refractivity contribution in [3.8, 4) is 16.9 Å². The highest BCUT2D eigenvalue weighted by molar-refractivity contribution is 5.90. The zero-order chi connectivity index (χ0) is 14.9. The van der Waals surface area contributed by atoms with Crippen molar-refractivity contribution in [1.82, 2.24) is 20.0 Å². The van der Waals surface area contributed by atoms with Gasteiger partial charge < -0.3 is 5.73 Å². The van der Waals surface area contributed by atoms with Crippen LogP contribution in [0.1, 0.15) is 0 Å². The van der Waals surface area contributed by atoms with Crippen LogP contribution in [0.5, 0.6) is 0 Å². The van der Waals surface area contributed by atoms with Gasteiger partial charge in [-0.2, -0.15) is 4.68 Å². The molecular weight excluding hydrogens is 274 g/mol. The molecule has 0 atom stereocenters. The van der Waals surface area contributed by atoms with E-state index in [1.807, 2.05) is 36.4 Å². The fraction of sp³-hybridized carbons (Fsp3) is 0. The second kappa shape index (κ2) is 4.96. The summed E-state index contributed by atoms with van der Waals surface area (Å²) < 4.78 is 1.67. The highest BCUT2D eigenvalue weighted by atomic mass is 15.5. The third-order valence-electron chi connectivity index (χ3n) is 3.63. The Morgan fingerprint density at radius 1 is 0.909 bits per heavy atom. The Hall–Kier alpha value is -3.21. The summed E-state index contributed by atoms with van der Waals surface area (Å²) in [4.78, 5) is 4.10. The fourth-order valence-corrected chi connectivity index (χ4v) is 2.57. The minimum absolute atomic E-state index is 0.504. The molecule has 4 aromatic rings. The van der Waals surface area contributed by atoms with Gasteiger partial charge in [-0.15, -0.1) is 5.10 Å². The Balaban J connectivity index is 1.92. The molecule has 4 rings (SSSR count). The van der Waals surface area contributed by atoms with Gasteiger partial charge in [-0.05, 0) is 23.6 Å². The van der Waals surface area contributed by atoms with Crippen LogP contribution in [0, 0.1) is 0 Å². The Labute approximate surface area is 127 Å². The predicted molar refractivity (Wildman–Crippen MR) is 86.5 cm³/mol. The van der Waals surface area contributed by atoms with E-state index in [2.05, 4.69) is 33.5 Å². The van der Waals surface area contributed by atoms with Crippen LogP contribution in [0.4, 0.5) is 5.82 Å². The van der Waals surface area contributed by atoms with Gasteiger partial charge in [0.2, 0.25) is 0 Å². The van der Waals surface area contributed by atoms with Gasteiger partial charge in [0.25, 0.3) is 0 Å². The van der Waals surface area contributed by atoms with Gasteiger partial charge in [0.05, 0.1) is 5.69 Å². The van der Waals surface area contributed by atoms with E-state index in [4.69, 9.17) is 5.73 Å². The first kappa shape index (κ1) is 12.5. The van der Waals surface area contributed by atoms with Crippen molar-refractivity contribution >= 4 is 16.6 Å². The van der Waals surface area contributed by atoms with Crippen LogP contribution in [0.2, 0.25) is 0 Å². The number of hydrogen-bond acceptors (Lipinski definition) is 4. The number of benzene rings is 2. The van der Waals surface area contributed by atoms with Crippen molar-refractivity contribution in [3.63, 3.8) is 0 Å². The second-order valence-corrected chi connectivity index (χ2v) is 4.98. The number of hydrogen-bond donors (Lipinski definition) is 1. The third-order valence-corrected chi connectivity index (χ3v) is 3.63. The normalized spacial score (nSPS) is 10.9. The van der Waals surface area contributed by atoms with Crippen molar-refractivity contribution in [2.24, 2.45) is 0 Å². The molecule has 2 heterocycles. The van der Waals surface area contributed by atoms with Gasteiger partial charge in [-0.25, -0.2) is 0 Å². The molecule has 106 valence electrons. The molecule has 5 heteroatoms. The molecule has 0 aliphatic carbocycles. The molecule has 0 saturated heterocycles. The van der Waals surface area contributed by atoms with Gasteiger partial charge in [0, 0.05) is 23.3 Å². The molecule has 0 fully saturated rings. The van der Waals surface area contributed by atoms with Crippen molar-refractivity contribution in [3.05, 3.63) is 67.0 Å². The minimum Gasteiger partial charge on any atom is -0.382 e. The van der Waals surface area contributed by atoms with Crippen LogP contribution in [0.15, 0.2) is 67.0 Å². The van der Waals surface area contributed by atoms with E-state index >= 15 is 0 Å². The van der Waals surface area contributed by atoms with E-state index < -0.39 is 0 Å². The summed E-state index contributed by atoms with van der Waals surface area (Å²) >= 11 is 0. The summed E-state index contributed by atoms with van der Waals surface area (Å²) in [5.41, 5.74) is 8.68. The zero-order valence-corrected chi connectivity index (χ0v) is 11.7. The summed E-state index contributed by atoms with van der Waals surface area (Å²) in [6.07, 6.45) is 3.45. The molecule has 5 nitrogen and oxygen atoms in total. The van der Waals surface area contributed by atoms with Gasteiger partial charge in [-0.3, -0.25) is 4.98 Å². The standard InChI is InChI=1S/C17H13N5/c18-17-16(13-7-4-10-19-11-13)20-21-22(17)15-9-3-6-12-5-1-2-8-14(12)15/h1-11H,18H2. The number of nitrogens with two attached hydrogens (primary N) is 1. The summed E-state index contributed by atoms with van der Waals surface area (Å²) in [6, 6.07) is 17.9. The number of nitrogen functional groups attached to an aromatic ring is 1. The van der Waals surface area contributed by atoms with Crippen molar-refractivity contribution in [2.45, 2.75) is 0 Å². The lowest BCUT2D eigenvalue weighted by Gasteiger charge is -2.07. The molecule has 2 aromatic heterocycles. The highest BCUT2D eigenvalue weighted by Crippen LogP contribution is 2.28. The van der Waals surface area contributed by atoms with Crippen molar-refractivity contribution < 1.29 is 0 Å². The maximum Gasteiger partial charge on any atom is 0.155 e. The van der Waals surface area contributed by atoms with E-state index in [9.17, 15) is 0 Å². The smallest absolute Gasteiger partial charge is 0.155 e. The molecular formula is C17H13N5. The Bertz CT molecular complexity index is 938. The Morgan fingerprint density at radius 2 is 1.77 bits per heavy atom. The molecule has 2 aromatic carbocycles. The van der Waals surface area contributed by atoms with Crippen LogP contribution < -0.4 is 5.73 Å². The summed E-state index contributed by atoms with van der Waals surface area (Å²) in [5, 5.41) is 10.7. The number of rotatable bonds is 2. The average Bonchev–Trinajstić information content (AvgIpc) is 2.96. The summed E-state index contributed by atoms with van der Waals surface area (Å²) in [7, 11) is 0. The molecule has 0 radical (unpaired) electrons. The quantitative estimate of drug-likeness (QED) is 0.615. The van der Waals surface area contributed by atoms with E-state index in [1.54, 1.807) is 17.1 Å². The van der Waals surface area contributed by atoms with E-state index in [0.29, 0.717) is 11.5 Å². The average molecular weight is 287 g/mol. The van der Waals surface area contributed by atoms with Crippen molar-refractivity contribution in [2.75, 3.05) is 5.73 Å². The zero-order valence-electron chi connectivity index (χ0n) is 11.7. The molecule has 0 aliphatic heterocycles. The molecule has 0 amide bonds. The first-order valence-corrected chi connectivity index (χ1v) is 6.94. The SMILES string of the molecule is Nc1c(-c2cccnc2)nnn1-c1cccc2ccccc12. The molecule has 0 unspecified atom stereocenters. The second-order valence-electron chi connectivity index (χ2n) is 4.98. The molecule has 0 saturated carbocycles. The van der Waals surface area contributed by atoms with Gasteiger partial charge in [0.15, 0.2) is 5.82 Å². The maximum atomic E-state index is 6.27. The first-order chi connectivity index (χ1) is 10.8. The van der Waals surface area contributed by atoms with Crippen LogP contribution in [-0.4, -0.2) is 20.0 Å². The van der Waals surface area contributed by atoms with Crippen LogP contribution in [-0.2, 0) is 0 Å². The molecule has 2 N–H and O–H groups in total. The number of nitrogens with zero attached hydrogens (tertiary/aromatic N) is 4. The topological polar surface area (TPSA) is 69.6 Å². The van der Waals surface area contributed by atoms with Crippen molar-refractivity contribution in [1.29, 1.82) is 0 Å². The number of anilines is 1. The highest BCUT2D eigenvalue weighted by Gasteiger charge is 2.14. The predicted octanol–water partition coefficient (Wildman–Crippen LogP) is 3.06. The minimum atomic E-state index is 0.504. The molecule has 0 bridgehead atoms. The summed E-state index contributed by atoms with van der Waals surface area (Å²) in [6.45, 7) is 0. The van der Waals surface area contributed by atoms with Crippen LogP contribution >= 0.6 is 0 Å². The number of fused-ring (bicyclic) bond motifs is 1. The molecule has 0 aliphatic rings. The number of aromatic nitrogens is 4. The van der Waals surface area contributed by atoms with E-state index in [-0.39, 0.29) is 0 Å². The third kappa shape index (κ3) is 1.91. The lowest BCUT2D eigenvalue weighted by molar-refractivity contribution is 0.815.